The Morgan fingerprint density at radius 3 is 2.25 bits per heavy atom. The molecule has 0 aliphatic rings. The van der Waals surface area contributed by atoms with E-state index >= 15 is 0 Å². The van der Waals surface area contributed by atoms with Crippen LogP contribution in [0.5, 0.6) is 0 Å². The summed E-state index contributed by atoms with van der Waals surface area (Å²) in [7, 11) is -5.58. The molecular weight excluding hydrogens is 251 g/mol. The van der Waals surface area contributed by atoms with Crippen molar-refractivity contribution in [1.82, 2.24) is 0 Å². The SMILES string of the molecule is O=P([O-])([O-])C(F)c1cccc(C(F)(F)F)c1. The van der Waals surface area contributed by atoms with Crippen LogP contribution in [0.4, 0.5) is 17.6 Å². The lowest BCUT2D eigenvalue weighted by atomic mass is 10.1. The van der Waals surface area contributed by atoms with Gasteiger partial charge in [-0.05, 0) is 25.3 Å². The van der Waals surface area contributed by atoms with Gasteiger partial charge in [0, 0.05) is 0 Å². The zero-order valence-electron chi connectivity index (χ0n) is 7.57. The van der Waals surface area contributed by atoms with Crippen LogP contribution in [0.1, 0.15) is 17.0 Å². The van der Waals surface area contributed by atoms with Gasteiger partial charge in [0.2, 0.25) is 0 Å². The molecule has 0 amide bonds. The van der Waals surface area contributed by atoms with Gasteiger partial charge in [0.1, 0.15) is 0 Å². The Morgan fingerprint density at radius 1 is 1.25 bits per heavy atom. The summed E-state index contributed by atoms with van der Waals surface area (Å²) in [6, 6.07) is 2.59. The summed E-state index contributed by atoms with van der Waals surface area (Å²) in [5, 5.41) is 0. The van der Waals surface area contributed by atoms with Crippen LogP contribution in [-0.4, -0.2) is 0 Å². The molecule has 1 rings (SSSR count). The molecule has 0 saturated heterocycles. The Bertz CT molecular complexity index is 426. The van der Waals surface area contributed by atoms with Gasteiger partial charge in [-0.15, -0.1) is 0 Å². The van der Waals surface area contributed by atoms with E-state index < -0.39 is 30.8 Å². The van der Waals surface area contributed by atoms with E-state index in [2.05, 4.69) is 0 Å². The molecule has 0 aliphatic carbocycles. The molecule has 1 aromatic carbocycles. The number of rotatable bonds is 2. The molecule has 3 nitrogen and oxygen atoms in total. The summed E-state index contributed by atoms with van der Waals surface area (Å²) in [6.45, 7) is 0. The van der Waals surface area contributed by atoms with Gasteiger partial charge in [0.15, 0.2) is 5.91 Å². The Balaban J connectivity index is 3.14. The van der Waals surface area contributed by atoms with Crippen molar-refractivity contribution >= 4 is 7.60 Å². The molecule has 8 heteroatoms. The van der Waals surface area contributed by atoms with Crippen molar-refractivity contribution in [3.05, 3.63) is 35.4 Å². The first-order valence-electron chi connectivity index (χ1n) is 3.95. The van der Waals surface area contributed by atoms with Crippen LogP contribution in [0.25, 0.3) is 0 Å². The van der Waals surface area contributed by atoms with Gasteiger partial charge < -0.3 is 14.4 Å². The second kappa shape index (κ2) is 4.16. The lowest BCUT2D eigenvalue weighted by Gasteiger charge is -2.33. The minimum atomic E-state index is -5.58. The van der Waals surface area contributed by atoms with Crippen LogP contribution >= 0.6 is 7.60 Å². The van der Waals surface area contributed by atoms with E-state index in [-0.39, 0.29) is 0 Å². The highest BCUT2D eigenvalue weighted by Crippen LogP contribution is 2.46. The number of halogens is 4. The molecule has 90 valence electrons. The van der Waals surface area contributed by atoms with E-state index in [4.69, 9.17) is 0 Å². The maximum absolute atomic E-state index is 13.0. The van der Waals surface area contributed by atoms with Crippen molar-refractivity contribution in [2.75, 3.05) is 0 Å². The fourth-order valence-corrected chi connectivity index (χ4v) is 1.57. The van der Waals surface area contributed by atoms with E-state index in [1.54, 1.807) is 0 Å². The normalized spacial score (nSPS) is 14.9. The summed E-state index contributed by atoms with van der Waals surface area (Å²) in [5.41, 5.74) is -2.02. The molecule has 0 N–H and O–H groups in total. The van der Waals surface area contributed by atoms with E-state index in [9.17, 15) is 31.9 Å². The average Bonchev–Trinajstić information content (AvgIpc) is 2.14. The highest BCUT2D eigenvalue weighted by atomic mass is 31.2. The van der Waals surface area contributed by atoms with E-state index in [1.165, 1.54) is 0 Å². The van der Waals surface area contributed by atoms with Gasteiger partial charge in [0.05, 0.1) is 5.56 Å². The van der Waals surface area contributed by atoms with Crippen LogP contribution in [0.2, 0.25) is 0 Å². The fraction of sp³-hybridized carbons (Fsp3) is 0.250. The maximum Gasteiger partial charge on any atom is 0.416 e. The summed E-state index contributed by atoms with van der Waals surface area (Å²) >= 11 is 0. The van der Waals surface area contributed by atoms with Gasteiger partial charge >= 0.3 is 6.18 Å². The van der Waals surface area contributed by atoms with Crippen LogP contribution in [-0.2, 0) is 10.7 Å². The molecule has 0 fully saturated rings. The van der Waals surface area contributed by atoms with Crippen molar-refractivity contribution in [3.63, 3.8) is 0 Å². The molecule has 0 bridgehead atoms. The van der Waals surface area contributed by atoms with Crippen molar-refractivity contribution < 1.29 is 31.9 Å². The predicted octanol–water partition coefficient (Wildman–Crippen LogP) is 1.59. The fourth-order valence-electron chi connectivity index (χ4n) is 1.05. The van der Waals surface area contributed by atoms with Crippen molar-refractivity contribution in [1.29, 1.82) is 0 Å². The zero-order valence-corrected chi connectivity index (χ0v) is 8.46. The lowest BCUT2D eigenvalue weighted by molar-refractivity contribution is -0.320. The molecule has 1 aromatic rings. The van der Waals surface area contributed by atoms with E-state index in [1.807, 2.05) is 0 Å². The number of hydrogen-bond acceptors (Lipinski definition) is 3. The highest BCUT2D eigenvalue weighted by Gasteiger charge is 2.31. The third kappa shape index (κ3) is 3.04. The first-order valence-corrected chi connectivity index (χ1v) is 5.56. The molecule has 1 atom stereocenters. The molecule has 0 aliphatic heterocycles. The summed E-state index contributed by atoms with van der Waals surface area (Å²) < 4.78 is 59.8. The quantitative estimate of drug-likeness (QED) is 0.596. The first-order chi connectivity index (χ1) is 7.12. The third-order valence-electron chi connectivity index (χ3n) is 1.77. The van der Waals surface area contributed by atoms with E-state index in [0.717, 1.165) is 12.1 Å². The summed E-state index contributed by atoms with van der Waals surface area (Å²) in [6.07, 6.45) is -4.72. The minimum absolute atomic E-state index is 0.299. The molecule has 16 heavy (non-hydrogen) atoms. The Morgan fingerprint density at radius 2 is 1.81 bits per heavy atom. The largest absolute Gasteiger partial charge is 0.808 e. The monoisotopic (exact) mass is 256 g/mol. The Hall–Kier alpha value is -0.910. The Labute approximate surface area is 87.9 Å². The van der Waals surface area contributed by atoms with Crippen LogP contribution < -0.4 is 9.79 Å². The standard InChI is InChI=1S/C8H7F4O3P/c9-7(16(13,14)15)5-2-1-3-6(4-5)8(10,11)12/h1-4,7H,(H2,13,14,15)/p-2. The number of hydrogen-bond donors (Lipinski definition) is 0. The second-order valence-electron chi connectivity index (χ2n) is 3.00. The van der Waals surface area contributed by atoms with E-state index in [0.29, 0.717) is 12.1 Å². The lowest BCUT2D eigenvalue weighted by Crippen LogP contribution is -2.18. The second-order valence-corrected chi connectivity index (χ2v) is 4.53. The molecule has 0 heterocycles. The highest BCUT2D eigenvalue weighted by molar-refractivity contribution is 7.49. The smallest absolute Gasteiger partial charge is 0.416 e. The molecule has 1 unspecified atom stereocenters. The molecule has 0 saturated carbocycles. The third-order valence-corrected chi connectivity index (χ3v) is 2.62. The van der Waals surface area contributed by atoms with Crippen LogP contribution in [0, 0.1) is 0 Å². The van der Waals surface area contributed by atoms with Gasteiger partial charge in [-0.1, -0.05) is 12.1 Å². The van der Waals surface area contributed by atoms with Crippen LogP contribution in [0.3, 0.4) is 0 Å². The zero-order chi connectivity index (χ0) is 12.6. The molecule has 0 aromatic heterocycles. The van der Waals surface area contributed by atoms with Gasteiger partial charge in [0.25, 0.3) is 0 Å². The van der Waals surface area contributed by atoms with Crippen molar-refractivity contribution in [3.8, 4) is 0 Å². The van der Waals surface area contributed by atoms with Crippen LogP contribution in [0.15, 0.2) is 24.3 Å². The van der Waals surface area contributed by atoms with Gasteiger partial charge in [-0.25, -0.2) is 4.39 Å². The maximum atomic E-state index is 13.0. The van der Waals surface area contributed by atoms with Crippen molar-refractivity contribution in [2.45, 2.75) is 12.1 Å². The summed E-state index contributed by atoms with van der Waals surface area (Å²) in [4.78, 5) is 20.6. The average molecular weight is 256 g/mol. The Kier molecular flexibility index (Phi) is 3.42. The molecule has 0 radical (unpaired) electrons. The van der Waals surface area contributed by atoms with Gasteiger partial charge in [-0.3, -0.25) is 0 Å². The first kappa shape index (κ1) is 13.2. The summed E-state index contributed by atoms with van der Waals surface area (Å²) in [5.74, 6) is -2.96. The molecule has 0 spiro atoms. The number of benzene rings is 1. The topological polar surface area (TPSA) is 63.2 Å². The minimum Gasteiger partial charge on any atom is -0.808 e. The number of alkyl halides is 4. The van der Waals surface area contributed by atoms with Gasteiger partial charge in [-0.2, -0.15) is 13.2 Å². The van der Waals surface area contributed by atoms with Crippen molar-refractivity contribution in [2.24, 2.45) is 0 Å². The molecular formula is C8H5F4O3P-2. The predicted molar refractivity (Wildman–Crippen MR) is 42.9 cm³/mol.